The zero-order valence-corrected chi connectivity index (χ0v) is 10.8. The van der Waals surface area contributed by atoms with Crippen LogP contribution in [0.15, 0.2) is 23.3 Å². The molecule has 0 amide bonds. The van der Waals surface area contributed by atoms with Gasteiger partial charge in [0.25, 0.3) is 0 Å². The van der Waals surface area contributed by atoms with Crippen molar-refractivity contribution in [3.8, 4) is 5.75 Å². The fourth-order valence-corrected chi connectivity index (χ4v) is 1.78. The number of rotatable bonds is 6. The predicted octanol–water partition coefficient (Wildman–Crippen LogP) is 1.83. The van der Waals surface area contributed by atoms with Crippen molar-refractivity contribution in [2.45, 2.75) is 20.4 Å². The van der Waals surface area contributed by atoms with Gasteiger partial charge >= 0.3 is 0 Å². The molecule has 0 heterocycles. The predicted molar refractivity (Wildman–Crippen MR) is 71.4 cm³/mol. The van der Waals surface area contributed by atoms with E-state index in [2.05, 4.69) is 29.9 Å². The van der Waals surface area contributed by atoms with Gasteiger partial charge in [0.05, 0.1) is 13.3 Å². The lowest BCUT2D eigenvalue weighted by atomic mass is 10.1. The van der Waals surface area contributed by atoms with Crippen LogP contribution < -0.4 is 10.6 Å². The summed E-state index contributed by atoms with van der Waals surface area (Å²) in [6, 6.07) is 5.96. The molecule has 0 spiro atoms. The van der Waals surface area contributed by atoms with Crippen LogP contribution in [-0.2, 0) is 6.54 Å². The lowest BCUT2D eigenvalue weighted by molar-refractivity contribution is 0.289. The molecule has 2 N–H and O–H groups in total. The Kier molecular flexibility index (Phi) is 5.49. The maximum atomic E-state index is 5.37. The van der Waals surface area contributed by atoms with E-state index in [9.17, 15) is 0 Å². The lowest BCUT2D eigenvalue weighted by Gasteiger charge is -2.19. The fraction of sp³-hybridized carbons (Fsp3) is 0.462. The number of hydrogen-bond donors (Lipinski definition) is 1. The Morgan fingerprint density at radius 3 is 2.59 bits per heavy atom. The van der Waals surface area contributed by atoms with Crippen molar-refractivity contribution in [3.05, 3.63) is 29.3 Å². The highest BCUT2D eigenvalue weighted by Gasteiger charge is 2.07. The third kappa shape index (κ3) is 3.75. The van der Waals surface area contributed by atoms with Gasteiger partial charge < -0.3 is 10.6 Å². The Labute approximate surface area is 103 Å². The van der Waals surface area contributed by atoms with Crippen molar-refractivity contribution in [1.29, 1.82) is 0 Å². The second-order valence-electron chi connectivity index (χ2n) is 3.81. The first-order chi connectivity index (χ1) is 8.24. The number of hydrogen-bond acceptors (Lipinski definition) is 4. The average molecular weight is 235 g/mol. The van der Waals surface area contributed by atoms with Gasteiger partial charge in [0, 0.05) is 12.1 Å². The van der Waals surface area contributed by atoms with Crippen LogP contribution in [0.25, 0.3) is 0 Å². The molecule has 94 valence electrons. The van der Waals surface area contributed by atoms with Crippen molar-refractivity contribution in [2.24, 2.45) is 10.9 Å². The van der Waals surface area contributed by atoms with Gasteiger partial charge in [-0.2, -0.15) is 5.10 Å². The Hall–Kier alpha value is -1.55. The molecule has 0 atom stereocenters. The average Bonchev–Trinajstić information content (AvgIpc) is 2.36. The van der Waals surface area contributed by atoms with Crippen LogP contribution in [0.1, 0.15) is 25.0 Å². The van der Waals surface area contributed by atoms with Gasteiger partial charge in [-0.25, -0.2) is 0 Å². The molecule has 1 aromatic rings. The minimum absolute atomic E-state index is 0.877. The molecule has 17 heavy (non-hydrogen) atoms. The summed E-state index contributed by atoms with van der Waals surface area (Å²) in [4.78, 5) is 2.33. The summed E-state index contributed by atoms with van der Waals surface area (Å²) in [6.07, 6.45) is 1.64. The highest BCUT2D eigenvalue weighted by Crippen LogP contribution is 2.21. The molecule has 0 aliphatic carbocycles. The summed E-state index contributed by atoms with van der Waals surface area (Å²) in [7, 11) is 1.69. The van der Waals surface area contributed by atoms with Crippen molar-refractivity contribution >= 4 is 6.21 Å². The first-order valence-corrected chi connectivity index (χ1v) is 5.87. The van der Waals surface area contributed by atoms with Crippen molar-refractivity contribution < 1.29 is 4.74 Å². The second kappa shape index (κ2) is 6.91. The van der Waals surface area contributed by atoms with E-state index < -0.39 is 0 Å². The van der Waals surface area contributed by atoms with Crippen LogP contribution in [0.3, 0.4) is 0 Å². The molecule has 0 saturated heterocycles. The zero-order valence-electron chi connectivity index (χ0n) is 10.8. The molecule has 0 aliphatic rings. The normalized spacial score (nSPS) is 11.3. The van der Waals surface area contributed by atoms with Crippen LogP contribution >= 0.6 is 0 Å². The van der Waals surface area contributed by atoms with E-state index in [1.165, 1.54) is 0 Å². The van der Waals surface area contributed by atoms with Crippen LogP contribution in [-0.4, -0.2) is 31.3 Å². The van der Waals surface area contributed by atoms with E-state index in [1.54, 1.807) is 13.3 Å². The molecule has 4 nitrogen and oxygen atoms in total. The molecule has 4 heteroatoms. The first kappa shape index (κ1) is 13.5. The molecule has 0 unspecified atom stereocenters. The van der Waals surface area contributed by atoms with E-state index in [0.29, 0.717) is 0 Å². The Bertz CT molecular complexity index is 373. The van der Waals surface area contributed by atoms with E-state index in [1.807, 2.05) is 12.1 Å². The summed E-state index contributed by atoms with van der Waals surface area (Å²) in [5.41, 5.74) is 2.16. The minimum atomic E-state index is 0.877. The van der Waals surface area contributed by atoms with Crippen molar-refractivity contribution in [1.82, 2.24) is 4.90 Å². The SMILES string of the molecule is CCN(CC)Cc1cc(C=NN)ccc1OC. The smallest absolute Gasteiger partial charge is 0.123 e. The Morgan fingerprint density at radius 2 is 2.06 bits per heavy atom. The second-order valence-corrected chi connectivity index (χ2v) is 3.81. The van der Waals surface area contributed by atoms with E-state index >= 15 is 0 Å². The summed E-state index contributed by atoms with van der Waals surface area (Å²) in [6.45, 7) is 7.23. The molecule has 0 fully saturated rings. The van der Waals surface area contributed by atoms with Gasteiger partial charge in [-0.3, -0.25) is 4.90 Å². The topological polar surface area (TPSA) is 50.8 Å². The number of nitrogens with two attached hydrogens (primary N) is 1. The number of methoxy groups -OCH3 is 1. The summed E-state index contributed by atoms with van der Waals surface area (Å²) >= 11 is 0. The summed E-state index contributed by atoms with van der Waals surface area (Å²) in [5, 5.41) is 3.54. The zero-order chi connectivity index (χ0) is 12.7. The highest BCUT2D eigenvalue weighted by atomic mass is 16.5. The molecule has 1 aromatic carbocycles. The van der Waals surface area contributed by atoms with E-state index in [4.69, 9.17) is 10.6 Å². The molecule has 0 aliphatic heterocycles. The molecule has 0 radical (unpaired) electrons. The van der Waals surface area contributed by atoms with E-state index in [0.717, 1.165) is 36.5 Å². The highest BCUT2D eigenvalue weighted by molar-refractivity contribution is 5.80. The van der Waals surface area contributed by atoms with Gasteiger partial charge in [-0.05, 0) is 36.9 Å². The number of hydrazone groups is 1. The van der Waals surface area contributed by atoms with Gasteiger partial charge in [0.2, 0.25) is 0 Å². The van der Waals surface area contributed by atoms with E-state index in [-0.39, 0.29) is 0 Å². The van der Waals surface area contributed by atoms with Crippen molar-refractivity contribution in [3.63, 3.8) is 0 Å². The van der Waals surface area contributed by atoms with Crippen LogP contribution in [0.2, 0.25) is 0 Å². The minimum Gasteiger partial charge on any atom is -0.496 e. The van der Waals surface area contributed by atoms with Gasteiger partial charge in [-0.15, -0.1) is 0 Å². The maximum absolute atomic E-state index is 5.37. The maximum Gasteiger partial charge on any atom is 0.123 e. The van der Waals surface area contributed by atoms with Crippen LogP contribution in [0.4, 0.5) is 0 Å². The number of benzene rings is 1. The number of nitrogens with zero attached hydrogens (tertiary/aromatic N) is 2. The third-order valence-electron chi connectivity index (χ3n) is 2.82. The van der Waals surface area contributed by atoms with Gasteiger partial charge in [-0.1, -0.05) is 13.8 Å². The van der Waals surface area contributed by atoms with Gasteiger partial charge in [0.15, 0.2) is 0 Å². The third-order valence-corrected chi connectivity index (χ3v) is 2.82. The Morgan fingerprint density at radius 1 is 1.35 bits per heavy atom. The summed E-state index contributed by atoms with van der Waals surface area (Å²) < 4.78 is 5.37. The molecule has 0 bridgehead atoms. The quantitative estimate of drug-likeness (QED) is 0.465. The van der Waals surface area contributed by atoms with Gasteiger partial charge in [0.1, 0.15) is 5.75 Å². The summed E-state index contributed by atoms with van der Waals surface area (Å²) in [5.74, 6) is 6.07. The first-order valence-electron chi connectivity index (χ1n) is 5.87. The van der Waals surface area contributed by atoms with Crippen LogP contribution in [0, 0.1) is 0 Å². The molecule has 0 saturated carbocycles. The molecule has 0 aromatic heterocycles. The Balaban J connectivity index is 2.96. The van der Waals surface area contributed by atoms with Crippen LogP contribution in [0.5, 0.6) is 5.75 Å². The van der Waals surface area contributed by atoms with Crippen molar-refractivity contribution in [2.75, 3.05) is 20.2 Å². The molecular weight excluding hydrogens is 214 g/mol. The fourth-order valence-electron chi connectivity index (χ4n) is 1.78. The monoisotopic (exact) mass is 235 g/mol. The number of ether oxygens (including phenoxy) is 1. The standard InChI is InChI=1S/C13H21N3O/c1-4-16(5-2)10-12-8-11(9-15-14)6-7-13(12)17-3/h6-9H,4-5,10,14H2,1-3H3. The largest absolute Gasteiger partial charge is 0.496 e. The molecular formula is C13H21N3O. The lowest BCUT2D eigenvalue weighted by Crippen LogP contribution is -2.22. The molecule has 1 rings (SSSR count).